The summed E-state index contributed by atoms with van der Waals surface area (Å²) >= 11 is 0. The molecule has 204 valence electrons. The second-order valence-corrected chi connectivity index (χ2v) is 9.46. The predicted octanol–water partition coefficient (Wildman–Crippen LogP) is 3.86. The number of fused-ring (bicyclic) bond motifs is 1. The Bertz CT molecular complexity index is 2010. The van der Waals surface area contributed by atoms with Gasteiger partial charge in [0.05, 0.1) is 34.5 Å². The summed E-state index contributed by atoms with van der Waals surface area (Å²) in [5.74, 6) is 5.93. The molecule has 0 radical (unpaired) electrons. The van der Waals surface area contributed by atoms with Crippen molar-refractivity contribution in [1.82, 2.24) is 29.8 Å². The van der Waals surface area contributed by atoms with Crippen LogP contribution in [0.5, 0.6) is 0 Å². The van der Waals surface area contributed by atoms with Gasteiger partial charge in [0.25, 0.3) is 11.5 Å². The molecule has 5 aromatic rings. The molecule has 10 nitrogen and oxygen atoms in total. The molecule has 0 aliphatic carbocycles. The van der Waals surface area contributed by atoms with E-state index in [0.717, 1.165) is 5.56 Å². The first-order valence-electron chi connectivity index (χ1n) is 13.2. The standard InChI is InChI=1S/C32H24N8O2/c1-20(37-31(41)28-29(33)36-19-26(38-28)24-13-7-17-35-24)30-39-25-12-5-9-22(15-14-21-8-6-16-34-18-21)27(25)32(42)40(30)23-10-3-2-4-11-23/h2-6,8-13,16-20H,7H2,1H3,(H2,33,36)(H,37,41). The number of nitrogen functional groups attached to an aromatic ring is 1. The minimum absolute atomic E-state index is 0.0187. The lowest BCUT2D eigenvalue weighted by atomic mass is 10.1. The fourth-order valence-corrected chi connectivity index (χ4v) is 4.60. The summed E-state index contributed by atoms with van der Waals surface area (Å²) < 4.78 is 1.49. The van der Waals surface area contributed by atoms with Crippen molar-refractivity contribution in [2.45, 2.75) is 19.4 Å². The Morgan fingerprint density at radius 1 is 1.02 bits per heavy atom. The number of rotatable bonds is 5. The van der Waals surface area contributed by atoms with Crippen LogP contribution in [0.25, 0.3) is 22.3 Å². The molecule has 0 bridgehead atoms. The molecule has 0 saturated heterocycles. The van der Waals surface area contributed by atoms with E-state index in [1.165, 1.54) is 10.8 Å². The van der Waals surface area contributed by atoms with Gasteiger partial charge in [-0.3, -0.25) is 24.1 Å². The van der Waals surface area contributed by atoms with Gasteiger partial charge in [-0.15, -0.1) is 0 Å². The van der Waals surface area contributed by atoms with Gasteiger partial charge in [-0.1, -0.05) is 42.2 Å². The smallest absolute Gasteiger partial charge is 0.274 e. The number of aliphatic imine (C=N–C) groups is 1. The summed E-state index contributed by atoms with van der Waals surface area (Å²) in [4.78, 5) is 49.3. The van der Waals surface area contributed by atoms with Crippen LogP contribution < -0.4 is 16.6 Å². The number of hydrogen-bond donors (Lipinski definition) is 2. The second-order valence-electron chi connectivity index (χ2n) is 9.46. The number of carbonyl (C=O) groups is 1. The predicted molar refractivity (Wildman–Crippen MR) is 161 cm³/mol. The molecule has 0 spiro atoms. The second kappa shape index (κ2) is 11.3. The number of carbonyl (C=O) groups excluding carboxylic acids is 1. The average molecular weight is 553 g/mol. The molecule has 0 fully saturated rings. The number of nitrogens with one attached hydrogen (secondary N) is 1. The van der Waals surface area contributed by atoms with Crippen LogP contribution >= 0.6 is 0 Å². The molecule has 3 N–H and O–H groups in total. The van der Waals surface area contributed by atoms with Gasteiger partial charge in [0.2, 0.25) is 0 Å². The SMILES string of the molecule is CC(NC(=O)c1nc(C2=CCC=N2)cnc1N)c1nc2cccc(C#Cc3cccnc3)c2c(=O)n1-c1ccccc1. The van der Waals surface area contributed by atoms with E-state index in [1.54, 1.807) is 61.9 Å². The van der Waals surface area contributed by atoms with Crippen LogP contribution in [0, 0.1) is 11.8 Å². The third-order valence-corrected chi connectivity index (χ3v) is 6.60. The Balaban J connectivity index is 1.43. The fourth-order valence-electron chi connectivity index (χ4n) is 4.60. The van der Waals surface area contributed by atoms with E-state index in [9.17, 15) is 9.59 Å². The zero-order chi connectivity index (χ0) is 29.1. The first kappa shape index (κ1) is 26.3. The number of anilines is 1. The number of para-hydroxylation sites is 1. The van der Waals surface area contributed by atoms with Gasteiger partial charge in [0, 0.05) is 36.2 Å². The summed E-state index contributed by atoms with van der Waals surface area (Å²) in [5, 5.41) is 3.27. The highest BCUT2D eigenvalue weighted by Crippen LogP contribution is 2.22. The summed E-state index contributed by atoms with van der Waals surface area (Å²) in [7, 11) is 0. The largest absolute Gasteiger partial charge is 0.382 e. The van der Waals surface area contributed by atoms with Crippen molar-refractivity contribution in [3.63, 3.8) is 0 Å². The van der Waals surface area contributed by atoms with Crippen molar-refractivity contribution in [2.24, 2.45) is 4.99 Å². The maximum Gasteiger partial charge on any atom is 0.274 e. The van der Waals surface area contributed by atoms with Crippen molar-refractivity contribution in [3.8, 4) is 17.5 Å². The normalized spacial score (nSPS) is 12.8. The van der Waals surface area contributed by atoms with Gasteiger partial charge in [-0.25, -0.2) is 15.0 Å². The zero-order valence-electron chi connectivity index (χ0n) is 22.5. The maximum atomic E-state index is 14.2. The monoisotopic (exact) mass is 552 g/mol. The number of amides is 1. The summed E-state index contributed by atoms with van der Waals surface area (Å²) in [6, 6.07) is 17.4. The zero-order valence-corrected chi connectivity index (χ0v) is 22.5. The average Bonchev–Trinajstić information content (AvgIpc) is 3.56. The van der Waals surface area contributed by atoms with Crippen molar-refractivity contribution in [3.05, 3.63) is 124 Å². The van der Waals surface area contributed by atoms with E-state index in [0.29, 0.717) is 45.8 Å². The van der Waals surface area contributed by atoms with Crippen LogP contribution in [0.3, 0.4) is 0 Å². The molecule has 4 heterocycles. The Morgan fingerprint density at radius 3 is 2.64 bits per heavy atom. The number of allylic oxidation sites excluding steroid dienone is 1. The lowest BCUT2D eigenvalue weighted by Gasteiger charge is -2.20. The molecule has 3 aromatic heterocycles. The minimum Gasteiger partial charge on any atom is -0.382 e. The van der Waals surface area contributed by atoms with Gasteiger partial charge >= 0.3 is 0 Å². The van der Waals surface area contributed by atoms with Crippen molar-refractivity contribution >= 4 is 34.5 Å². The van der Waals surface area contributed by atoms with E-state index >= 15 is 0 Å². The summed E-state index contributed by atoms with van der Waals surface area (Å²) in [5.41, 5.74) is 9.05. The number of pyridine rings is 1. The first-order valence-corrected chi connectivity index (χ1v) is 13.2. The van der Waals surface area contributed by atoms with E-state index in [1.807, 2.05) is 30.3 Å². The van der Waals surface area contributed by atoms with Crippen LogP contribution in [0.15, 0.2) is 95.1 Å². The van der Waals surface area contributed by atoms with Crippen LogP contribution in [0.4, 0.5) is 5.82 Å². The quantitative estimate of drug-likeness (QED) is 0.316. The van der Waals surface area contributed by atoms with Crippen LogP contribution in [0.2, 0.25) is 0 Å². The Morgan fingerprint density at radius 2 is 1.88 bits per heavy atom. The molecule has 0 saturated carbocycles. The molecule has 1 aliphatic heterocycles. The Hall–Kier alpha value is -5.95. The highest BCUT2D eigenvalue weighted by atomic mass is 16.2. The third kappa shape index (κ3) is 5.14. The van der Waals surface area contributed by atoms with Gasteiger partial charge in [0.15, 0.2) is 11.5 Å². The molecule has 10 heteroatoms. The molecular weight excluding hydrogens is 528 g/mol. The number of benzene rings is 2. The number of nitrogens with zero attached hydrogens (tertiary/aromatic N) is 6. The van der Waals surface area contributed by atoms with E-state index in [2.05, 4.69) is 37.1 Å². The number of hydrogen-bond acceptors (Lipinski definition) is 8. The number of nitrogens with two attached hydrogens (primary N) is 1. The Kier molecular flexibility index (Phi) is 7.05. The minimum atomic E-state index is -0.714. The van der Waals surface area contributed by atoms with Crippen LogP contribution in [0.1, 0.15) is 52.5 Å². The lowest BCUT2D eigenvalue weighted by Crippen LogP contribution is -2.34. The molecule has 6 rings (SSSR count). The molecule has 2 aromatic carbocycles. The third-order valence-electron chi connectivity index (χ3n) is 6.60. The van der Waals surface area contributed by atoms with E-state index in [4.69, 9.17) is 10.7 Å². The first-order chi connectivity index (χ1) is 20.5. The topological polar surface area (TPSA) is 141 Å². The lowest BCUT2D eigenvalue weighted by molar-refractivity contribution is 0.0933. The van der Waals surface area contributed by atoms with Crippen molar-refractivity contribution < 1.29 is 4.79 Å². The molecule has 1 amide bonds. The summed E-state index contributed by atoms with van der Waals surface area (Å²) in [6.07, 6.45) is 9.13. The van der Waals surface area contributed by atoms with Gasteiger partial charge < -0.3 is 11.1 Å². The van der Waals surface area contributed by atoms with Crippen molar-refractivity contribution in [1.29, 1.82) is 0 Å². The Labute approximate surface area is 240 Å². The van der Waals surface area contributed by atoms with Crippen LogP contribution in [-0.2, 0) is 0 Å². The van der Waals surface area contributed by atoms with Gasteiger partial charge in [0.1, 0.15) is 11.5 Å². The maximum absolute atomic E-state index is 14.2. The van der Waals surface area contributed by atoms with Gasteiger partial charge in [-0.05, 0) is 43.3 Å². The number of aromatic nitrogens is 5. The molecule has 1 aliphatic rings. The van der Waals surface area contributed by atoms with Crippen LogP contribution in [-0.4, -0.2) is 36.6 Å². The highest BCUT2D eigenvalue weighted by Gasteiger charge is 2.23. The van der Waals surface area contributed by atoms with E-state index in [-0.39, 0.29) is 17.1 Å². The fraction of sp³-hybridized carbons (Fsp3) is 0.0938. The summed E-state index contributed by atoms with van der Waals surface area (Å²) in [6.45, 7) is 1.74. The van der Waals surface area contributed by atoms with Gasteiger partial charge in [-0.2, -0.15) is 0 Å². The molecule has 1 unspecified atom stereocenters. The van der Waals surface area contributed by atoms with Crippen molar-refractivity contribution in [2.75, 3.05) is 5.73 Å². The van der Waals surface area contributed by atoms with E-state index < -0.39 is 11.9 Å². The molecule has 1 atom stereocenters. The molecular formula is C32H24N8O2. The molecule has 42 heavy (non-hydrogen) atoms. The highest BCUT2D eigenvalue weighted by molar-refractivity contribution is 5.97.